The Morgan fingerprint density at radius 2 is 1.67 bits per heavy atom. The Hall–Kier alpha value is -2.62. The second-order valence-corrected chi connectivity index (χ2v) is 6.34. The van der Waals surface area contributed by atoms with Crippen LogP contribution in [0.15, 0.2) is 42.5 Å². The maximum atomic E-state index is 12.3. The Kier molecular flexibility index (Phi) is 5.74. The quantitative estimate of drug-likeness (QED) is 0.878. The van der Waals surface area contributed by atoms with E-state index in [0.717, 1.165) is 22.4 Å². The zero-order valence-corrected chi connectivity index (χ0v) is 14.6. The second kappa shape index (κ2) is 7.77. The van der Waals surface area contributed by atoms with Crippen LogP contribution in [-0.2, 0) is 11.3 Å². The molecule has 0 aliphatic heterocycles. The molecule has 2 rings (SSSR count). The summed E-state index contributed by atoms with van der Waals surface area (Å²) in [6.45, 7) is 8.10. The van der Waals surface area contributed by atoms with Gasteiger partial charge in [0.25, 0.3) is 5.91 Å². The molecule has 0 bridgehead atoms. The van der Waals surface area contributed by atoms with E-state index >= 15 is 0 Å². The Morgan fingerprint density at radius 1 is 1.00 bits per heavy atom. The second-order valence-electron chi connectivity index (χ2n) is 6.34. The van der Waals surface area contributed by atoms with Crippen molar-refractivity contribution in [3.05, 3.63) is 64.7 Å². The highest BCUT2D eigenvalue weighted by Gasteiger charge is 2.09. The molecule has 24 heavy (non-hydrogen) atoms. The first-order valence-corrected chi connectivity index (χ1v) is 8.12. The first kappa shape index (κ1) is 17.7. The van der Waals surface area contributed by atoms with Crippen LogP contribution in [0.25, 0.3) is 0 Å². The molecular weight excluding hydrogens is 300 g/mol. The summed E-state index contributed by atoms with van der Waals surface area (Å²) in [6, 6.07) is 13.3. The highest BCUT2D eigenvalue weighted by Crippen LogP contribution is 2.13. The van der Waals surface area contributed by atoms with E-state index in [-0.39, 0.29) is 17.7 Å². The number of carbonyl (C=O) groups is 2. The normalized spacial score (nSPS) is 10.5. The summed E-state index contributed by atoms with van der Waals surface area (Å²) in [5.41, 5.74) is 4.55. The van der Waals surface area contributed by atoms with Crippen molar-refractivity contribution in [1.82, 2.24) is 5.32 Å². The van der Waals surface area contributed by atoms with E-state index in [0.29, 0.717) is 12.1 Å². The molecule has 0 aliphatic carbocycles. The van der Waals surface area contributed by atoms with Gasteiger partial charge in [-0.3, -0.25) is 9.59 Å². The third kappa shape index (κ3) is 4.69. The highest BCUT2D eigenvalue weighted by molar-refractivity contribution is 5.95. The van der Waals surface area contributed by atoms with Crippen molar-refractivity contribution in [3.8, 4) is 0 Å². The van der Waals surface area contributed by atoms with E-state index < -0.39 is 0 Å². The lowest BCUT2D eigenvalue weighted by Crippen LogP contribution is -2.23. The van der Waals surface area contributed by atoms with E-state index in [1.807, 2.05) is 70.2 Å². The van der Waals surface area contributed by atoms with E-state index in [9.17, 15) is 9.59 Å². The number of amides is 2. The number of carbonyl (C=O) groups excluding carboxylic acids is 2. The van der Waals surface area contributed by atoms with Crippen LogP contribution >= 0.6 is 0 Å². The largest absolute Gasteiger partial charge is 0.348 e. The summed E-state index contributed by atoms with van der Waals surface area (Å²) >= 11 is 0. The van der Waals surface area contributed by atoms with Gasteiger partial charge >= 0.3 is 0 Å². The summed E-state index contributed by atoms with van der Waals surface area (Å²) in [5, 5.41) is 5.77. The Morgan fingerprint density at radius 3 is 2.25 bits per heavy atom. The molecule has 0 aromatic heterocycles. The molecule has 0 saturated heterocycles. The minimum atomic E-state index is -0.0790. The predicted octanol–water partition coefficient (Wildman–Crippen LogP) is 3.83. The van der Waals surface area contributed by atoms with E-state index in [2.05, 4.69) is 10.6 Å². The summed E-state index contributed by atoms with van der Waals surface area (Å²) in [4.78, 5) is 23.9. The number of hydrogen-bond donors (Lipinski definition) is 2. The summed E-state index contributed by atoms with van der Waals surface area (Å²) < 4.78 is 0. The first-order chi connectivity index (χ1) is 11.4. The molecule has 0 fully saturated rings. The average Bonchev–Trinajstić information content (AvgIpc) is 2.53. The monoisotopic (exact) mass is 324 g/mol. The fraction of sp³-hybridized carbons (Fsp3) is 0.300. The highest BCUT2D eigenvalue weighted by atomic mass is 16.2. The number of nitrogens with one attached hydrogen (secondary N) is 2. The van der Waals surface area contributed by atoms with Gasteiger partial charge in [0.2, 0.25) is 5.91 Å². The molecule has 0 spiro atoms. The molecule has 2 aromatic rings. The molecular formula is C20H24N2O2. The number of aryl methyl sites for hydroxylation is 2. The smallest absolute Gasteiger partial charge is 0.251 e. The van der Waals surface area contributed by atoms with Gasteiger partial charge in [0.05, 0.1) is 0 Å². The Balaban J connectivity index is 1.94. The van der Waals surface area contributed by atoms with E-state index in [4.69, 9.17) is 0 Å². The van der Waals surface area contributed by atoms with Crippen molar-refractivity contribution < 1.29 is 9.59 Å². The fourth-order valence-electron chi connectivity index (χ4n) is 2.34. The molecule has 0 atom stereocenters. The molecule has 4 nitrogen and oxygen atoms in total. The van der Waals surface area contributed by atoms with Crippen LogP contribution in [0, 0.1) is 19.8 Å². The van der Waals surface area contributed by atoms with Crippen LogP contribution in [0.2, 0.25) is 0 Å². The van der Waals surface area contributed by atoms with Crippen LogP contribution in [-0.4, -0.2) is 11.8 Å². The van der Waals surface area contributed by atoms with Gasteiger partial charge in [0, 0.05) is 23.7 Å². The zero-order chi connectivity index (χ0) is 17.7. The minimum absolute atomic E-state index is 0.00843. The van der Waals surface area contributed by atoms with Crippen LogP contribution in [0.5, 0.6) is 0 Å². The number of rotatable bonds is 5. The van der Waals surface area contributed by atoms with Gasteiger partial charge in [-0.2, -0.15) is 0 Å². The minimum Gasteiger partial charge on any atom is -0.348 e. The number of hydrogen-bond acceptors (Lipinski definition) is 2. The van der Waals surface area contributed by atoms with Gasteiger partial charge < -0.3 is 10.6 Å². The molecule has 126 valence electrons. The lowest BCUT2D eigenvalue weighted by molar-refractivity contribution is -0.118. The molecule has 0 aliphatic rings. The third-order valence-electron chi connectivity index (χ3n) is 3.83. The molecule has 0 saturated carbocycles. The van der Waals surface area contributed by atoms with Crippen LogP contribution < -0.4 is 10.6 Å². The van der Waals surface area contributed by atoms with Crippen molar-refractivity contribution in [2.45, 2.75) is 34.2 Å². The summed E-state index contributed by atoms with van der Waals surface area (Å²) in [6.07, 6.45) is 0. The summed E-state index contributed by atoms with van der Waals surface area (Å²) in [5.74, 6) is -0.141. The predicted molar refractivity (Wildman–Crippen MR) is 97.0 cm³/mol. The van der Waals surface area contributed by atoms with Gasteiger partial charge in [0.15, 0.2) is 0 Å². The fourth-order valence-corrected chi connectivity index (χ4v) is 2.34. The van der Waals surface area contributed by atoms with Crippen LogP contribution in [0.1, 0.15) is 40.9 Å². The standard InChI is InChI=1S/C20H24N2O2/c1-13(2)19(23)22-17-8-6-16(7-9-17)12-21-20(24)18-10-5-14(3)11-15(18)4/h5-11,13H,12H2,1-4H3,(H,21,24)(H,22,23). The van der Waals surface area contributed by atoms with Crippen molar-refractivity contribution in [3.63, 3.8) is 0 Å². The van der Waals surface area contributed by atoms with Gasteiger partial charge in [-0.15, -0.1) is 0 Å². The average molecular weight is 324 g/mol. The van der Waals surface area contributed by atoms with Gasteiger partial charge in [0.1, 0.15) is 0 Å². The topological polar surface area (TPSA) is 58.2 Å². The molecule has 2 N–H and O–H groups in total. The van der Waals surface area contributed by atoms with E-state index in [1.165, 1.54) is 0 Å². The SMILES string of the molecule is Cc1ccc(C(=O)NCc2ccc(NC(=O)C(C)C)cc2)c(C)c1. The summed E-state index contributed by atoms with van der Waals surface area (Å²) in [7, 11) is 0. The Labute approximate surface area is 143 Å². The van der Waals surface area contributed by atoms with Crippen molar-refractivity contribution in [2.75, 3.05) is 5.32 Å². The molecule has 0 heterocycles. The van der Waals surface area contributed by atoms with E-state index in [1.54, 1.807) is 0 Å². The Bertz CT molecular complexity index is 734. The van der Waals surface area contributed by atoms with Crippen molar-refractivity contribution in [1.29, 1.82) is 0 Å². The maximum absolute atomic E-state index is 12.3. The van der Waals surface area contributed by atoms with Gasteiger partial charge in [-0.05, 0) is 43.2 Å². The lowest BCUT2D eigenvalue weighted by Gasteiger charge is -2.10. The van der Waals surface area contributed by atoms with Crippen molar-refractivity contribution in [2.24, 2.45) is 5.92 Å². The first-order valence-electron chi connectivity index (χ1n) is 8.12. The molecule has 2 aromatic carbocycles. The molecule has 0 unspecified atom stereocenters. The lowest BCUT2D eigenvalue weighted by atomic mass is 10.1. The molecule has 0 radical (unpaired) electrons. The molecule has 2 amide bonds. The maximum Gasteiger partial charge on any atom is 0.251 e. The number of anilines is 1. The van der Waals surface area contributed by atoms with Crippen molar-refractivity contribution >= 4 is 17.5 Å². The third-order valence-corrected chi connectivity index (χ3v) is 3.83. The number of benzene rings is 2. The van der Waals surface area contributed by atoms with Crippen LogP contribution in [0.4, 0.5) is 5.69 Å². The van der Waals surface area contributed by atoms with Gasteiger partial charge in [-0.1, -0.05) is 43.7 Å². The molecule has 4 heteroatoms. The van der Waals surface area contributed by atoms with Gasteiger partial charge in [-0.25, -0.2) is 0 Å². The zero-order valence-electron chi connectivity index (χ0n) is 14.6. The van der Waals surface area contributed by atoms with Crippen LogP contribution in [0.3, 0.4) is 0 Å².